The van der Waals surface area contributed by atoms with Crippen molar-refractivity contribution in [2.24, 2.45) is 0 Å². The van der Waals surface area contributed by atoms with E-state index in [4.69, 9.17) is 4.52 Å². The van der Waals surface area contributed by atoms with Crippen LogP contribution in [0.2, 0.25) is 0 Å². The van der Waals surface area contributed by atoms with Crippen LogP contribution in [0.15, 0.2) is 47.0 Å². The van der Waals surface area contributed by atoms with E-state index in [9.17, 15) is 13.6 Å². The average Bonchev–Trinajstić information content (AvgIpc) is 3.21. The molecule has 1 atom stereocenters. The highest BCUT2D eigenvalue weighted by atomic mass is 19.2. The third-order valence-corrected chi connectivity index (χ3v) is 4.95. The zero-order valence-electron chi connectivity index (χ0n) is 15.9. The molecular formula is C21H20F2N4O2. The fourth-order valence-electron chi connectivity index (χ4n) is 3.44. The standard InChI is InChI=1S/C21H20F2N4O2/c1-13-4-2-5-14(10-13)19-25-20(29-26-19)15-6-3-9-27(12-15)21(28)24-16-7-8-17(22)18(23)11-16/h2,4-5,7-8,10-11,15H,3,6,9,12H2,1H3,(H,24,28)/t15-/m1/s1. The highest BCUT2D eigenvalue weighted by Crippen LogP contribution is 2.28. The van der Waals surface area contributed by atoms with Crippen molar-refractivity contribution in [2.45, 2.75) is 25.7 Å². The minimum absolute atomic E-state index is 0.0782. The number of anilines is 1. The first kappa shape index (κ1) is 19.0. The van der Waals surface area contributed by atoms with Crippen LogP contribution in [0.1, 0.15) is 30.2 Å². The molecule has 4 rings (SSSR count). The Morgan fingerprint density at radius 2 is 2.07 bits per heavy atom. The number of halogens is 2. The quantitative estimate of drug-likeness (QED) is 0.692. The number of carbonyl (C=O) groups is 1. The Labute approximate surface area is 166 Å². The van der Waals surface area contributed by atoms with Crippen molar-refractivity contribution in [3.05, 3.63) is 65.6 Å². The fourth-order valence-corrected chi connectivity index (χ4v) is 3.44. The number of amides is 2. The number of piperidine rings is 1. The normalized spacial score (nSPS) is 16.7. The maximum Gasteiger partial charge on any atom is 0.321 e. The third kappa shape index (κ3) is 4.26. The summed E-state index contributed by atoms with van der Waals surface area (Å²) in [7, 11) is 0. The van der Waals surface area contributed by atoms with E-state index >= 15 is 0 Å². The van der Waals surface area contributed by atoms with Crippen LogP contribution in [0.3, 0.4) is 0 Å². The lowest BCUT2D eigenvalue weighted by atomic mass is 9.98. The van der Waals surface area contributed by atoms with Gasteiger partial charge in [-0.15, -0.1) is 0 Å². The van der Waals surface area contributed by atoms with Crippen molar-refractivity contribution >= 4 is 11.7 Å². The predicted octanol–water partition coefficient (Wildman–Crippen LogP) is 4.73. The summed E-state index contributed by atoms with van der Waals surface area (Å²) in [5.74, 6) is -1.03. The van der Waals surface area contributed by atoms with E-state index in [2.05, 4.69) is 15.5 Å². The van der Waals surface area contributed by atoms with Crippen molar-refractivity contribution in [1.29, 1.82) is 0 Å². The Bertz CT molecular complexity index is 1040. The number of hydrogen-bond acceptors (Lipinski definition) is 4. The molecule has 1 saturated heterocycles. The molecule has 29 heavy (non-hydrogen) atoms. The van der Waals surface area contributed by atoms with E-state index in [0.29, 0.717) is 24.8 Å². The molecule has 3 aromatic rings. The molecule has 2 heterocycles. The van der Waals surface area contributed by atoms with Gasteiger partial charge in [0.15, 0.2) is 11.6 Å². The fraction of sp³-hybridized carbons (Fsp3) is 0.286. The molecule has 0 radical (unpaired) electrons. The molecule has 1 aromatic heterocycles. The van der Waals surface area contributed by atoms with Crippen LogP contribution in [0.4, 0.5) is 19.3 Å². The maximum absolute atomic E-state index is 13.4. The summed E-state index contributed by atoms with van der Waals surface area (Å²) < 4.78 is 31.9. The number of hydrogen-bond donors (Lipinski definition) is 1. The van der Waals surface area contributed by atoms with Gasteiger partial charge in [0.05, 0.1) is 5.92 Å². The molecule has 0 saturated carbocycles. The number of urea groups is 1. The Hall–Kier alpha value is -3.29. The first-order valence-electron chi connectivity index (χ1n) is 9.41. The second-order valence-electron chi connectivity index (χ2n) is 7.17. The van der Waals surface area contributed by atoms with Crippen LogP contribution in [0, 0.1) is 18.6 Å². The summed E-state index contributed by atoms with van der Waals surface area (Å²) in [6, 6.07) is 10.7. The van der Waals surface area contributed by atoms with Gasteiger partial charge in [0.1, 0.15) is 0 Å². The number of aryl methyl sites for hydroxylation is 1. The molecule has 2 amide bonds. The van der Waals surface area contributed by atoms with Crippen LogP contribution >= 0.6 is 0 Å². The topological polar surface area (TPSA) is 71.3 Å². The summed E-state index contributed by atoms with van der Waals surface area (Å²) in [5.41, 5.74) is 2.19. The third-order valence-electron chi connectivity index (χ3n) is 4.95. The van der Waals surface area contributed by atoms with Gasteiger partial charge >= 0.3 is 6.03 Å². The van der Waals surface area contributed by atoms with Crippen molar-refractivity contribution in [2.75, 3.05) is 18.4 Å². The van der Waals surface area contributed by atoms with Gasteiger partial charge in [-0.25, -0.2) is 13.6 Å². The first-order valence-corrected chi connectivity index (χ1v) is 9.41. The van der Waals surface area contributed by atoms with Crippen LogP contribution < -0.4 is 5.32 Å². The lowest BCUT2D eigenvalue weighted by Crippen LogP contribution is -2.41. The van der Waals surface area contributed by atoms with Crippen molar-refractivity contribution in [1.82, 2.24) is 15.0 Å². The number of carbonyl (C=O) groups excluding carboxylic acids is 1. The van der Waals surface area contributed by atoms with Crippen LogP contribution in [0.5, 0.6) is 0 Å². The largest absolute Gasteiger partial charge is 0.339 e. The van der Waals surface area contributed by atoms with Crippen molar-refractivity contribution in [3.63, 3.8) is 0 Å². The Balaban J connectivity index is 1.44. The van der Waals surface area contributed by atoms with E-state index in [1.54, 1.807) is 4.90 Å². The van der Waals surface area contributed by atoms with E-state index in [1.807, 2.05) is 31.2 Å². The molecule has 0 bridgehead atoms. The zero-order valence-corrected chi connectivity index (χ0v) is 15.9. The highest BCUT2D eigenvalue weighted by molar-refractivity contribution is 5.89. The molecule has 0 spiro atoms. The molecule has 8 heteroatoms. The molecule has 1 aliphatic heterocycles. The van der Waals surface area contributed by atoms with Gasteiger partial charge in [-0.05, 0) is 38.0 Å². The summed E-state index contributed by atoms with van der Waals surface area (Å²) in [6.07, 6.45) is 1.60. The first-order chi connectivity index (χ1) is 14.0. The zero-order chi connectivity index (χ0) is 20.4. The average molecular weight is 398 g/mol. The summed E-state index contributed by atoms with van der Waals surface area (Å²) in [4.78, 5) is 18.7. The van der Waals surface area contributed by atoms with Crippen LogP contribution in [0.25, 0.3) is 11.4 Å². The van der Waals surface area contributed by atoms with Gasteiger partial charge in [0.25, 0.3) is 0 Å². The number of nitrogens with one attached hydrogen (secondary N) is 1. The Morgan fingerprint density at radius 1 is 1.21 bits per heavy atom. The van der Waals surface area contributed by atoms with Crippen molar-refractivity contribution in [3.8, 4) is 11.4 Å². The summed E-state index contributed by atoms with van der Waals surface area (Å²) >= 11 is 0. The van der Waals surface area contributed by atoms with E-state index in [0.717, 1.165) is 36.1 Å². The number of likely N-dealkylation sites (tertiary alicyclic amines) is 1. The molecule has 6 nitrogen and oxygen atoms in total. The monoisotopic (exact) mass is 398 g/mol. The predicted molar refractivity (Wildman–Crippen MR) is 103 cm³/mol. The van der Waals surface area contributed by atoms with Gasteiger partial charge in [0, 0.05) is 30.4 Å². The van der Waals surface area contributed by atoms with Gasteiger partial charge in [-0.2, -0.15) is 4.98 Å². The summed E-state index contributed by atoms with van der Waals surface area (Å²) in [6.45, 7) is 2.96. The van der Waals surface area contributed by atoms with Crippen LogP contribution in [-0.2, 0) is 0 Å². The van der Waals surface area contributed by atoms with Crippen molar-refractivity contribution < 1.29 is 18.1 Å². The minimum Gasteiger partial charge on any atom is -0.339 e. The molecule has 0 unspecified atom stereocenters. The van der Waals surface area contributed by atoms with Gasteiger partial charge in [-0.3, -0.25) is 0 Å². The lowest BCUT2D eigenvalue weighted by molar-refractivity contribution is 0.184. The van der Waals surface area contributed by atoms with Gasteiger partial charge in [-0.1, -0.05) is 28.9 Å². The second-order valence-corrected chi connectivity index (χ2v) is 7.17. The van der Waals surface area contributed by atoms with E-state index in [1.165, 1.54) is 6.07 Å². The highest BCUT2D eigenvalue weighted by Gasteiger charge is 2.29. The number of aromatic nitrogens is 2. The minimum atomic E-state index is -1.01. The SMILES string of the molecule is Cc1cccc(-c2noc([C@@H]3CCCN(C(=O)Nc4ccc(F)c(F)c4)C3)n2)c1. The second kappa shape index (κ2) is 7.98. The van der Waals surface area contributed by atoms with E-state index < -0.39 is 11.6 Å². The Morgan fingerprint density at radius 3 is 2.86 bits per heavy atom. The van der Waals surface area contributed by atoms with Gasteiger partial charge < -0.3 is 14.7 Å². The van der Waals surface area contributed by atoms with Gasteiger partial charge in [0.2, 0.25) is 11.7 Å². The molecule has 2 aromatic carbocycles. The molecule has 1 aliphatic rings. The Kier molecular flexibility index (Phi) is 5.24. The molecule has 150 valence electrons. The smallest absolute Gasteiger partial charge is 0.321 e. The molecular weight excluding hydrogens is 378 g/mol. The number of benzene rings is 2. The molecule has 1 fully saturated rings. The number of rotatable bonds is 3. The lowest BCUT2D eigenvalue weighted by Gasteiger charge is -2.31. The molecule has 0 aliphatic carbocycles. The molecule has 1 N–H and O–H groups in total. The van der Waals surface area contributed by atoms with E-state index in [-0.39, 0.29) is 17.6 Å². The van der Waals surface area contributed by atoms with Crippen LogP contribution in [-0.4, -0.2) is 34.2 Å². The number of nitrogens with zero attached hydrogens (tertiary/aromatic N) is 3. The summed E-state index contributed by atoms with van der Waals surface area (Å²) in [5, 5.41) is 6.68. The maximum atomic E-state index is 13.4.